The number of morpholine rings is 1. The average molecular weight is 334 g/mol. The highest BCUT2D eigenvalue weighted by Crippen LogP contribution is 2.09. The summed E-state index contributed by atoms with van der Waals surface area (Å²) in [7, 11) is 0. The predicted octanol–water partition coefficient (Wildman–Crippen LogP) is 1.54. The summed E-state index contributed by atoms with van der Waals surface area (Å²) < 4.78 is 5.33. The number of carbonyl (C=O) groups excluding carboxylic acids is 1. The summed E-state index contributed by atoms with van der Waals surface area (Å²) in [5.41, 5.74) is 0.800. The molecule has 0 aromatic carbocycles. The van der Waals surface area contributed by atoms with Crippen molar-refractivity contribution in [2.24, 2.45) is 0 Å². The number of aromatic nitrogens is 1. The highest BCUT2D eigenvalue weighted by molar-refractivity contribution is 7.09. The summed E-state index contributed by atoms with van der Waals surface area (Å²) in [6.07, 6.45) is 3.63. The number of carbonyl (C=O) groups is 1. The first-order valence-electron chi connectivity index (χ1n) is 7.75. The fourth-order valence-corrected chi connectivity index (χ4v) is 2.90. The number of rotatable bonds is 7. The van der Waals surface area contributed by atoms with E-state index in [1.54, 1.807) is 28.4 Å². The molecule has 1 amide bonds. The van der Waals surface area contributed by atoms with Crippen molar-refractivity contribution in [3.05, 3.63) is 22.2 Å². The second-order valence-electron chi connectivity index (χ2n) is 5.31. The van der Waals surface area contributed by atoms with Gasteiger partial charge in [-0.2, -0.15) is 5.26 Å². The van der Waals surface area contributed by atoms with Gasteiger partial charge in [0.15, 0.2) is 0 Å². The lowest BCUT2D eigenvalue weighted by Crippen LogP contribution is -2.43. The summed E-state index contributed by atoms with van der Waals surface area (Å²) in [6, 6.07) is 2.11. The van der Waals surface area contributed by atoms with E-state index in [1.807, 2.05) is 12.3 Å². The molecule has 0 aliphatic carbocycles. The first-order chi connectivity index (χ1) is 11.2. The monoisotopic (exact) mass is 334 g/mol. The number of nitrogens with zero attached hydrogens (tertiary/aromatic N) is 4. The lowest BCUT2D eigenvalue weighted by molar-refractivity contribution is -0.126. The molecule has 0 N–H and O–H groups in total. The van der Waals surface area contributed by atoms with E-state index in [1.165, 1.54) is 0 Å². The fourth-order valence-electron chi connectivity index (χ4n) is 2.32. The number of thiazole rings is 1. The summed E-state index contributed by atoms with van der Waals surface area (Å²) >= 11 is 1.56. The Kier molecular flexibility index (Phi) is 7.20. The molecule has 1 aliphatic heterocycles. The van der Waals surface area contributed by atoms with Gasteiger partial charge >= 0.3 is 0 Å². The van der Waals surface area contributed by atoms with Crippen LogP contribution in [0.15, 0.2) is 11.5 Å². The summed E-state index contributed by atoms with van der Waals surface area (Å²) in [5, 5.41) is 11.7. The summed E-state index contributed by atoms with van der Waals surface area (Å²) in [4.78, 5) is 20.7. The van der Waals surface area contributed by atoms with Gasteiger partial charge in [-0.3, -0.25) is 9.69 Å². The fraction of sp³-hybridized carbons (Fsp3) is 0.562. The molecule has 7 heteroatoms. The van der Waals surface area contributed by atoms with Crippen LogP contribution in [0.25, 0.3) is 6.08 Å². The van der Waals surface area contributed by atoms with Crippen molar-refractivity contribution in [3.63, 3.8) is 0 Å². The normalized spacial score (nSPS) is 15.7. The zero-order valence-electron chi connectivity index (χ0n) is 13.4. The Morgan fingerprint density at radius 1 is 1.52 bits per heavy atom. The third kappa shape index (κ3) is 6.10. The molecule has 2 rings (SSSR count). The van der Waals surface area contributed by atoms with Crippen molar-refractivity contribution in [2.75, 3.05) is 45.9 Å². The number of hydrogen-bond donors (Lipinski definition) is 0. The largest absolute Gasteiger partial charge is 0.379 e. The average Bonchev–Trinajstić information content (AvgIpc) is 2.99. The van der Waals surface area contributed by atoms with Gasteiger partial charge in [0, 0.05) is 44.2 Å². The molecule has 2 heterocycles. The number of hydrogen-bond acceptors (Lipinski definition) is 6. The Morgan fingerprint density at radius 2 is 2.30 bits per heavy atom. The molecular weight excluding hydrogens is 312 g/mol. The zero-order valence-corrected chi connectivity index (χ0v) is 14.2. The van der Waals surface area contributed by atoms with Crippen LogP contribution in [0.5, 0.6) is 0 Å². The molecule has 1 saturated heterocycles. The van der Waals surface area contributed by atoms with E-state index >= 15 is 0 Å². The SMILES string of the molecule is Cc1nc(/C=C/C(=O)N(CCC#N)CCN2CCOCC2)cs1. The van der Waals surface area contributed by atoms with Crippen molar-refractivity contribution in [2.45, 2.75) is 13.3 Å². The van der Waals surface area contributed by atoms with E-state index < -0.39 is 0 Å². The number of amides is 1. The molecule has 0 unspecified atom stereocenters. The third-order valence-corrected chi connectivity index (χ3v) is 4.42. The number of nitriles is 1. The number of ether oxygens (including phenoxy) is 1. The maximum atomic E-state index is 12.4. The van der Waals surface area contributed by atoms with Gasteiger partial charge in [0.05, 0.1) is 36.4 Å². The highest BCUT2D eigenvalue weighted by Gasteiger charge is 2.15. The molecule has 23 heavy (non-hydrogen) atoms. The Labute approximate surface area is 141 Å². The molecule has 124 valence electrons. The zero-order chi connectivity index (χ0) is 16.5. The van der Waals surface area contributed by atoms with Gasteiger partial charge in [0.25, 0.3) is 0 Å². The molecule has 0 spiro atoms. The minimum absolute atomic E-state index is 0.0702. The lowest BCUT2D eigenvalue weighted by Gasteiger charge is -2.29. The molecule has 1 aromatic heterocycles. The van der Waals surface area contributed by atoms with Gasteiger partial charge in [0.1, 0.15) is 0 Å². The van der Waals surface area contributed by atoms with Crippen LogP contribution in [0.3, 0.4) is 0 Å². The van der Waals surface area contributed by atoms with Crippen molar-refractivity contribution in [3.8, 4) is 6.07 Å². The van der Waals surface area contributed by atoms with Gasteiger partial charge in [-0.05, 0) is 13.0 Å². The minimum Gasteiger partial charge on any atom is -0.379 e. The van der Waals surface area contributed by atoms with Crippen LogP contribution in [0.4, 0.5) is 0 Å². The van der Waals surface area contributed by atoms with E-state index in [2.05, 4.69) is 16.0 Å². The maximum absolute atomic E-state index is 12.4. The maximum Gasteiger partial charge on any atom is 0.246 e. The van der Waals surface area contributed by atoms with Crippen LogP contribution >= 0.6 is 11.3 Å². The third-order valence-electron chi connectivity index (χ3n) is 3.63. The second-order valence-corrected chi connectivity index (χ2v) is 6.37. The van der Waals surface area contributed by atoms with Crippen LogP contribution in [0.1, 0.15) is 17.1 Å². The molecule has 0 bridgehead atoms. The highest BCUT2D eigenvalue weighted by atomic mass is 32.1. The lowest BCUT2D eigenvalue weighted by atomic mass is 10.3. The van der Waals surface area contributed by atoms with Crippen LogP contribution in [0, 0.1) is 18.3 Å². The summed E-state index contributed by atoms with van der Waals surface area (Å²) in [6.45, 7) is 7.11. The quantitative estimate of drug-likeness (QED) is 0.708. The molecule has 1 aliphatic rings. The Bertz CT molecular complexity index is 573. The standard InChI is InChI=1S/C16H22N4O2S/c1-14-18-15(13-23-14)3-4-16(21)20(6-2-5-17)8-7-19-9-11-22-12-10-19/h3-4,13H,2,6-12H2,1H3/b4-3+. The van der Waals surface area contributed by atoms with Crippen LogP contribution < -0.4 is 0 Å². The number of aryl methyl sites for hydroxylation is 1. The van der Waals surface area contributed by atoms with Crippen LogP contribution in [0.2, 0.25) is 0 Å². The van der Waals surface area contributed by atoms with Crippen molar-refractivity contribution in [1.82, 2.24) is 14.8 Å². The Hall–Kier alpha value is -1.75. The van der Waals surface area contributed by atoms with Crippen molar-refractivity contribution in [1.29, 1.82) is 5.26 Å². The van der Waals surface area contributed by atoms with E-state index in [-0.39, 0.29) is 5.91 Å². The summed E-state index contributed by atoms with van der Waals surface area (Å²) in [5.74, 6) is -0.0702. The van der Waals surface area contributed by atoms with Crippen molar-refractivity contribution >= 4 is 23.3 Å². The first kappa shape index (κ1) is 17.6. The van der Waals surface area contributed by atoms with Crippen molar-refractivity contribution < 1.29 is 9.53 Å². The molecule has 1 aromatic rings. The smallest absolute Gasteiger partial charge is 0.246 e. The molecular formula is C16H22N4O2S. The van der Waals surface area contributed by atoms with Gasteiger partial charge in [0.2, 0.25) is 5.91 Å². The second kappa shape index (κ2) is 9.40. The van der Waals surface area contributed by atoms with Gasteiger partial charge in [-0.1, -0.05) is 0 Å². The molecule has 6 nitrogen and oxygen atoms in total. The molecule has 0 saturated carbocycles. The van der Waals surface area contributed by atoms with Gasteiger partial charge < -0.3 is 9.64 Å². The van der Waals surface area contributed by atoms with Crippen LogP contribution in [-0.2, 0) is 9.53 Å². The minimum atomic E-state index is -0.0702. The van der Waals surface area contributed by atoms with E-state index in [9.17, 15) is 4.79 Å². The van der Waals surface area contributed by atoms with E-state index in [0.29, 0.717) is 19.5 Å². The van der Waals surface area contributed by atoms with Gasteiger partial charge in [-0.15, -0.1) is 11.3 Å². The first-order valence-corrected chi connectivity index (χ1v) is 8.63. The Morgan fingerprint density at radius 3 is 2.96 bits per heavy atom. The van der Waals surface area contributed by atoms with E-state index in [4.69, 9.17) is 10.00 Å². The molecule has 0 atom stereocenters. The molecule has 1 fully saturated rings. The topological polar surface area (TPSA) is 69.5 Å². The van der Waals surface area contributed by atoms with Crippen LogP contribution in [-0.4, -0.2) is 66.6 Å². The predicted molar refractivity (Wildman–Crippen MR) is 90.0 cm³/mol. The Balaban J connectivity index is 1.88. The van der Waals surface area contributed by atoms with E-state index in [0.717, 1.165) is 43.5 Å². The van der Waals surface area contributed by atoms with Gasteiger partial charge in [-0.25, -0.2) is 4.98 Å². The molecule has 0 radical (unpaired) electrons.